The zero-order valence-corrected chi connectivity index (χ0v) is 11.7. The van der Waals surface area contributed by atoms with Crippen molar-refractivity contribution in [3.8, 4) is 0 Å². The first kappa shape index (κ1) is 15.8. The Hall–Kier alpha value is -1.24. The van der Waals surface area contributed by atoms with Crippen molar-refractivity contribution < 1.29 is 14.6 Å². The zero-order chi connectivity index (χ0) is 13.9. The molecule has 0 fully saturated rings. The molecular weight excluding hydrogens is 246 g/mol. The molecule has 1 rings (SSSR count). The fraction of sp³-hybridized carbons (Fsp3) is 0.692. The van der Waals surface area contributed by atoms with E-state index in [-0.39, 0.29) is 6.61 Å². The van der Waals surface area contributed by atoms with Crippen molar-refractivity contribution in [3.63, 3.8) is 0 Å². The Bertz CT molecular complexity index is 340. The number of aromatic nitrogens is 2. The fourth-order valence-corrected chi connectivity index (χ4v) is 1.60. The Kier molecular flexibility index (Phi) is 8.04. The van der Waals surface area contributed by atoms with E-state index in [9.17, 15) is 0 Å². The Balaban J connectivity index is 2.63. The average Bonchev–Trinajstić information content (AvgIpc) is 2.46. The average molecular weight is 269 g/mol. The summed E-state index contributed by atoms with van der Waals surface area (Å²) in [5, 5.41) is 9.10. The van der Waals surface area contributed by atoms with Crippen LogP contribution in [0.2, 0.25) is 0 Å². The third-order valence-electron chi connectivity index (χ3n) is 2.58. The molecule has 0 saturated heterocycles. The molecule has 1 aromatic rings. The van der Waals surface area contributed by atoms with Gasteiger partial charge in [-0.25, -0.2) is 4.98 Å². The minimum Gasteiger partial charge on any atom is -0.390 e. The third kappa shape index (κ3) is 5.96. The van der Waals surface area contributed by atoms with Gasteiger partial charge in [0.25, 0.3) is 0 Å². The van der Waals surface area contributed by atoms with Crippen molar-refractivity contribution in [1.82, 2.24) is 9.97 Å². The lowest BCUT2D eigenvalue weighted by Crippen LogP contribution is -2.32. The van der Waals surface area contributed by atoms with E-state index in [1.807, 2.05) is 13.8 Å². The maximum atomic E-state index is 9.10. The SMILES string of the molecule is CCOCCN(CCOCC)c1cncc(CO)n1. The standard InChI is InChI=1S/C13H23N3O3/c1-3-18-7-5-16(6-8-19-4-2)13-10-14-9-12(11-17)15-13/h9-10,17H,3-8,11H2,1-2H3. The van der Waals surface area contributed by atoms with E-state index in [1.165, 1.54) is 0 Å². The Morgan fingerprint density at radius 1 is 1.11 bits per heavy atom. The minimum absolute atomic E-state index is 0.106. The van der Waals surface area contributed by atoms with Gasteiger partial charge in [-0.2, -0.15) is 0 Å². The molecule has 108 valence electrons. The highest BCUT2D eigenvalue weighted by Crippen LogP contribution is 2.09. The molecule has 6 nitrogen and oxygen atoms in total. The van der Waals surface area contributed by atoms with E-state index < -0.39 is 0 Å². The van der Waals surface area contributed by atoms with Crippen molar-refractivity contribution in [2.45, 2.75) is 20.5 Å². The molecule has 0 bridgehead atoms. The van der Waals surface area contributed by atoms with Crippen molar-refractivity contribution in [3.05, 3.63) is 18.1 Å². The summed E-state index contributed by atoms with van der Waals surface area (Å²) in [5.74, 6) is 0.742. The highest BCUT2D eigenvalue weighted by atomic mass is 16.5. The third-order valence-corrected chi connectivity index (χ3v) is 2.58. The zero-order valence-electron chi connectivity index (χ0n) is 11.7. The second kappa shape index (κ2) is 9.66. The lowest BCUT2D eigenvalue weighted by Gasteiger charge is -2.23. The van der Waals surface area contributed by atoms with Gasteiger partial charge >= 0.3 is 0 Å². The molecule has 0 radical (unpaired) electrons. The fourth-order valence-electron chi connectivity index (χ4n) is 1.60. The summed E-state index contributed by atoms with van der Waals surface area (Å²) in [5.41, 5.74) is 0.565. The van der Waals surface area contributed by atoms with Crippen LogP contribution in [0.3, 0.4) is 0 Å². The van der Waals surface area contributed by atoms with Gasteiger partial charge in [-0.15, -0.1) is 0 Å². The Labute approximate surface area is 114 Å². The van der Waals surface area contributed by atoms with Crippen LogP contribution in [0.4, 0.5) is 5.82 Å². The maximum absolute atomic E-state index is 9.10. The normalized spacial score (nSPS) is 10.7. The molecule has 0 unspecified atom stereocenters. The largest absolute Gasteiger partial charge is 0.390 e. The lowest BCUT2D eigenvalue weighted by molar-refractivity contribution is 0.141. The number of ether oxygens (including phenoxy) is 2. The van der Waals surface area contributed by atoms with Crippen molar-refractivity contribution in [2.24, 2.45) is 0 Å². The number of aliphatic hydroxyl groups is 1. The van der Waals surface area contributed by atoms with Crippen molar-refractivity contribution >= 4 is 5.82 Å². The summed E-state index contributed by atoms with van der Waals surface area (Å²) in [6.07, 6.45) is 3.25. The summed E-state index contributed by atoms with van der Waals surface area (Å²) in [6.45, 7) is 7.94. The molecule has 0 aliphatic carbocycles. The minimum atomic E-state index is -0.106. The van der Waals surface area contributed by atoms with Crippen LogP contribution in [0.5, 0.6) is 0 Å². The lowest BCUT2D eigenvalue weighted by atomic mass is 10.4. The number of hydrogen-bond donors (Lipinski definition) is 1. The van der Waals surface area contributed by atoms with E-state index in [2.05, 4.69) is 14.9 Å². The molecule has 1 aromatic heterocycles. The number of nitrogens with zero attached hydrogens (tertiary/aromatic N) is 3. The van der Waals surface area contributed by atoms with E-state index in [0.29, 0.717) is 32.1 Å². The van der Waals surface area contributed by atoms with Crippen LogP contribution in [0, 0.1) is 0 Å². The highest BCUT2D eigenvalue weighted by Gasteiger charge is 2.09. The van der Waals surface area contributed by atoms with Gasteiger partial charge in [-0.1, -0.05) is 0 Å². The Morgan fingerprint density at radius 3 is 2.26 bits per heavy atom. The van der Waals surface area contributed by atoms with E-state index in [1.54, 1.807) is 12.4 Å². The monoisotopic (exact) mass is 269 g/mol. The first-order valence-electron chi connectivity index (χ1n) is 6.64. The highest BCUT2D eigenvalue weighted by molar-refractivity contribution is 5.36. The predicted octanol–water partition coefficient (Wildman–Crippen LogP) is 0.848. The van der Waals surface area contributed by atoms with Gasteiger partial charge in [-0.3, -0.25) is 4.98 Å². The van der Waals surface area contributed by atoms with Gasteiger partial charge in [0.2, 0.25) is 0 Å². The molecule has 1 heterocycles. The van der Waals surface area contributed by atoms with E-state index >= 15 is 0 Å². The Morgan fingerprint density at radius 2 is 1.74 bits per heavy atom. The second-order valence-corrected chi connectivity index (χ2v) is 3.91. The van der Waals surface area contributed by atoms with E-state index in [0.717, 1.165) is 18.9 Å². The van der Waals surface area contributed by atoms with Crippen LogP contribution < -0.4 is 4.90 Å². The molecule has 19 heavy (non-hydrogen) atoms. The molecule has 0 atom stereocenters. The molecular formula is C13H23N3O3. The van der Waals surface area contributed by atoms with Gasteiger partial charge in [0.05, 0.1) is 37.9 Å². The second-order valence-electron chi connectivity index (χ2n) is 3.91. The predicted molar refractivity (Wildman–Crippen MR) is 73.2 cm³/mol. The molecule has 0 aromatic carbocycles. The van der Waals surface area contributed by atoms with Crippen molar-refractivity contribution in [1.29, 1.82) is 0 Å². The molecule has 0 aliphatic heterocycles. The molecule has 0 spiro atoms. The number of rotatable bonds is 10. The first-order valence-corrected chi connectivity index (χ1v) is 6.64. The van der Waals surface area contributed by atoms with Gasteiger partial charge in [0, 0.05) is 26.3 Å². The maximum Gasteiger partial charge on any atom is 0.147 e. The van der Waals surface area contributed by atoms with Crippen LogP contribution in [-0.4, -0.2) is 54.6 Å². The van der Waals surface area contributed by atoms with Crippen molar-refractivity contribution in [2.75, 3.05) is 44.4 Å². The molecule has 0 saturated carbocycles. The van der Waals surface area contributed by atoms with Crippen LogP contribution in [0.1, 0.15) is 19.5 Å². The summed E-state index contributed by atoms with van der Waals surface area (Å²) >= 11 is 0. The summed E-state index contributed by atoms with van der Waals surface area (Å²) in [6, 6.07) is 0. The van der Waals surface area contributed by atoms with Crippen LogP contribution >= 0.6 is 0 Å². The van der Waals surface area contributed by atoms with E-state index in [4.69, 9.17) is 14.6 Å². The topological polar surface area (TPSA) is 67.7 Å². The van der Waals surface area contributed by atoms with Gasteiger partial charge in [0.15, 0.2) is 0 Å². The first-order chi connectivity index (χ1) is 9.31. The smallest absolute Gasteiger partial charge is 0.147 e. The van der Waals surface area contributed by atoms with Crippen LogP contribution in [0.15, 0.2) is 12.4 Å². The molecule has 6 heteroatoms. The molecule has 1 N–H and O–H groups in total. The van der Waals surface area contributed by atoms with Crippen LogP contribution in [0.25, 0.3) is 0 Å². The quantitative estimate of drug-likeness (QED) is 0.635. The van der Waals surface area contributed by atoms with Gasteiger partial charge in [0.1, 0.15) is 5.82 Å². The molecule has 0 aliphatic rings. The van der Waals surface area contributed by atoms with Gasteiger partial charge < -0.3 is 19.5 Å². The van der Waals surface area contributed by atoms with Crippen LogP contribution in [-0.2, 0) is 16.1 Å². The number of aliphatic hydroxyl groups excluding tert-OH is 1. The summed E-state index contributed by atoms with van der Waals surface area (Å²) < 4.78 is 10.7. The summed E-state index contributed by atoms with van der Waals surface area (Å²) in [4.78, 5) is 10.5. The number of hydrogen-bond acceptors (Lipinski definition) is 6. The molecule has 0 amide bonds. The number of anilines is 1. The summed E-state index contributed by atoms with van der Waals surface area (Å²) in [7, 11) is 0. The van der Waals surface area contributed by atoms with Gasteiger partial charge in [-0.05, 0) is 13.8 Å².